The molecule has 0 aliphatic heterocycles. The predicted molar refractivity (Wildman–Crippen MR) is 93.5 cm³/mol. The minimum absolute atomic E-state index is 0.0911. The van der Waals surface area contributed by atoms with Gasteiger partial charge in [0.05, 0.1) is 12.3 Å². The number of fused-ring (bicyclic) bond motifs is 1. The van der Waals surface area contributed by atoms with E-state index in [0.717, 1.165) is 22.3 Å². The van der Waals surface area contributed by atoms with Gasteiger partial charge in [0.2, 0.25) is 0 Å². The number of guanidine groups is 1. The molecule has 2 aromatic rings. The number of rotatable bonds is 6. The molecule has 0 unspecified atom stereocenters. The summed E-state index contributed by atoms with van der Waals surface area (Å²) in [5.74, 6) is 1.64. The lowest BCUT2D eigenvalue weighted by atomic mass is 10.1. The maximum atomic E-state index is 11.5. The second kappa shape index (κ2) is 7.50. The molecule has 2 N–H and O–H groups in total. The molecule has 0 bridgehead atoms. The zero-order chi connectivity index (χ0) is 16.9. The Morgan fingerprint density at radius 2 is 2.00 bits per heavy atom. The van der Waals surface area contributed by atoms with Gasteiger partial charge in [-0.25, -0.2) is 8.42 Å². The number of nitrogens with zero attached hydrogens (tertiary/aromatic N) is 1. The quantitative estimate of drug-likeness (QED) is 0.621. The third-order valence-electron chi connectivity index (χ3n) is 3.73. The summed E-state index contributed by atoms with van der Waals surface area (Å²) in [4.78, 5) is 4.09. The highest BCUT2D eigenvalue weighted by Crippen LogP contribution is 2.24. The molecule has 23 heavy (non-hydrogen) atoms. The minimum atomic E-state index is -2.98. The van der Waals surface area contributed by atoms with Crippen LogP contribution in [-0.4, -0.2) is 39.5 Å². The van der Waals surface area contributed by atoms with Crippen molar-refractivity contribution in [3.8, 4) is 0 Å². The molecule has 6 nitrogen and oxygen atoms in total. The highest BCUT2D eigenvalue weighted by molar-refractivity contribution is 7.91. The topological polar surface area (TPSA) is 83.7 Å². The third kappa shape index (κ3) is 4.48. The molecule has 0 saturated heterocycles. The molecule has 1 aromatic carbocycles. The van der Waals surface area contributed by atoms with Crippen molar-refractivity contribution in [2.45, 2.75) is 20.4 Å². The first-order valence-electron chi connectivity index (χ1n) is 7.58. The summed E-state index contributed by atoms with van der Waals surface area (Å²) in [6.45, 7) is 4.48. The summed E-state index contributed by atoms with van der Waals surface area (Å²) in [6, 6.07) is 7.89. The van der Waals surface area contributed by atoms with E-state index >= 15 is 0 Å². The number of para-hydroxylation sites is 1. The van der Waals surface area contributed by atoms with Crippen molar-refractivity contribution in [2.75, 3.05) is 25.1 Å². The van der Waals surface area contributed by atoms with Crippen LogP contribution in [0, 0.1) is 6.92 Å². The Balaban J connectivity index is 1.93. The van der Waals surface area contributed by atoms with Crippen LogP contribution in [0.3, 0.4) is 0 Å². The molecule has 126 valence electrons. The summed E-state index contributed by atoms with van der Waals surface area (Å²) < 4.78 is 28.8. The molecule has 0 aliphatic rings. The Kier molecular flexibility index (Phi) is 5.65. The van der Waals surface area contributed by atoms with E-state index in [0.29, 0.717) is 19.0 Å². The van der Waals surface area contributed by atoms with Crippen LogP contribution in [0.4, 0.5) is 0 Å². The lowest BCUT2D eigenvalue weighted by molar-refractivity contribution is 0.534. The first-order valence-corrected chi connectivity index (χ1v) is 9.41. The number of aryl methyl sites for hydroxylation is 1. The molecule has 0 radical (unpaired) electrons. The number of aliphatic imine (C=N–C) groups is 1. The van der Waals surface area contributed by atoms with Crippen LogP contribution in [0.5, 0.6) is 0 Å². The van der Waals surface area contributed by atoms with Crippen LogP contribution in [0.2, 0.25) is 0 Å². The summed E-state index contributed by atoms with van der Waals surface area (Å²) in [5, 5.41) is 7.24. The number of hydrogen-bond acceptors (Lipinski definition) is 4. The first-order chi connectivity index (χ1) is 11.0. The van der Waals surface area contributed by atoms with Crippen molar-refractivity contribution < 1.29 is 12.8 Å². The number of benzene rings is 1. The SMILES string of the molecule is CCS(=O)(=O)CCNC(=NC)NCc1oc2ccccc2c1C. The highest BCUT2D eigenvalue weighted by Gasteiger charge is 2.11. The van der Waals surface area contributed by atoms with Crippen LogP contribution >= 0.6 is 0 Å². The summed E-state index contributed by atoms with van der Waals surface area (Å²) in [7, 11) is -1.33. The van der Waals surface area contributed by atoms with Crippen LogP contribution in [0.25, 0.3) is 11.0 Å². The standard InChI is InChI=1S/C16H23N3O3S/c1-4-23(20,21)10-9-18-16(17-3)19-11-15-12(2)13-7-5-6-8-14(13)22-15/h5-8H,4,9-11H2,1-3H3,(H2,17,18,19). The van der Waals surface area contributed by atoms with Crippen LogP contribution in [0.1, 0.15) is 18.2 Å². The average Bonchev–Trinajstić information content (AvgIpc) is 2.87. The van der Waals surface area contributed by atoms with Gasteiger partial charge in [-0.15, -0.1) is 0 Å². The lowest BCUT2D eigenvalue weighted by Gasteiger charge is -2.11. The van der Waals surface area contributed by atoms with Gasteiger partial charge in [-0.05, 0) is 13.0 Å². The molecule has 0 amide bonds. The van der Waals surface area contributed by atoms with Crippen LogP contribution in [-0.2, 0) is 16.4 Å². The Morgan fingerprint density at radius 1 is 1.26 bits per heavy atom. The molecular formula is C16H23N3O3S. The number of nitrogens with one attached hydrogen (secondary N) is 2. The molecule has 0 fully saturated rings. The summed E-state index contributed by atoms with van der Waals surface area (Å²) >= 11 is 0. The van der Waals surface area contributed by atoms with Crippen molar-refractivity contribution in [1.82, 2.24) is 10.6 Å². The van der Waals surface area contributed by atoms with Gasteiger partial charge < -0.3 is 15.1 Å². The maximum absolute atomic E-state index is 11.5. The Morgan fingerprint density at radius 3 is 2.65 bits per heavy atom. The van der Waals surface area contributed by atoms with E-state index in [-0.39, 0.29) is 11.5 Å². The van der Waals surface area contributed by atoms with E-state index < -0.39 is 9.84 Å². The van der Waals surface area contributed by atoms with Crippen molar-refractivity contribution in [1.29, 1.82) is 0 Å². The van der Waals surface area contributed by atoms with Gasteiger partial charge in [0.15, 0.2) is 15.8 Å². The predicted octanol–water partition coefficient (Wildman–Crippen LogP) is 1.84. The largest absolute Gasteiger partial charge is 0.459 e. The Hall–Kier alpha value is -2.02. The van der Waals surface area contributed by atoms with E-state index in [2.05, 4.69) is 15.6 Å². The van der Waals surface area contributed by atoms with Gasteiger partial charge in [0.25, 0.3) is 0 Å². The third-order valence-corrected chi connectivity index (χ3v) is 5.43. The zero-order valence-electron chi connectivity index (χ0n) is 13.7. The van der Waals surface area contributed by atoms with Crippen LogP contribution < -0.4 is 10.6 Å². The van der Waals surface area contributed by atoms with E-state index in [1.807, 2.05) is 31.2 Å². The van der Waals surface area contributed by atoms with E-state index in [4.69, 9.17) is 4.42 Å². The normalized spacial score (nSPS) is 12.6. The van der Waals surface area contributed by atoms with Gasteiger partial charge in [0.1, 0.15) is 11.3 Å². The Labute approximate surface area is 136 Å². The molecule has 0 spiro atoms. The number of furan rings is 1. The van der Waals surface area contributed by atoms with Gasteiger partial charge in [-0.2, -0.15) is 0 Å². The molecule has 2 rings (SSSR count). The van der Waals surface area contributed by atoms with Crippen LogP contribution in [0.15, 0.2) is 33.7 Å². The van der Waals surface area contributed by atoms with Crippen molar-refractivity contribution in [3.05, 3.63) is 35.6 Å². The monoisotopic (exact) mass is 337 g/mol. The minimum Gasteiger partial charge on any atom is -0.459 e. The summed E-state index contributed by atoms with van der Waals surface area (Å²) in [5.41, 5.74) is 1.95. The number of sulfone groups is 1. The molecule has 0 saturated carbocycles. The van der Waals surface area contributed by atoms with Gasteiger partial charge >= 0.3 is 0 Å². The second-order valence-electron chi connectivity index (χ2n) is 5.24. The van der Waals surface area contributed by atoms with Gasteiger partial charge in [-0.3, -0.25) is 4.99 Å². The smallest absolute Gasteiger partial charge is 0.191 e. The molecular weight excluding hydrogens is 314 g/mol. The maximum Gasteiger partial charge on any atom is 0.191 e. The number of hydrogen-bond donors (Lipinski definition) is 2. The second-order valence-corrected chi connectivity index (χ2v) is 7.71. The van der Waals surface area contributed by atoms with E-state index in [1.165, 1.54) is 0 Å². The van der Waals surface area contributed by atoms with Crippen molar-refractivity contribution in [3.63, 3.8) is 0 Å². The van der Waals surface area contributed by atoms with Crippen molar-refractivity contribution >= 4 is 26.8 Å². The molecule has 0 aliphatic carbocycles. The fourth-order valence-electron chi connectivity index (χ4n) is 2.25. The molecule has 1 aromatic heterocycles. The van der Waals surface area contributed by atoms with E-state index in [9.17, 15) is 8.42 Å². The molecule has 7 heteroatoms. The fourth-order valence-corrected chi connectivity index (χ4v) is 2.95. The van der Waals surface area contributed by atoms with Crippen molar-refractivity contribution in [2.24, 2.45) is 4.99 Å². The lowest BCUT2D eigenvalue weighted by Crippen LogP contribution is -2.39. The zero-order valence-corrected chi connectivity index (χ0v) is 14.5. The highest BCUT2D eigenvalue weighted by atomic mass is 32.2. The first kappa shape index (κ1) is 17.3. The van der Waals surface area contributed by atoms with Gasteiger partial charge in [-0.1, -0.05) is 25.1 Å². The van der Waals surface area contributed by atoms with E-state index in [1.54, 1.807) is 14.0 Å². The summed E-state index contributed by atoms with van der Waals surface area (Å²) in [6.07, 6.45) is 0. The Bertz CT molecular complexity index is 794. The molecule has 0 atom stereocenters. The fraction of sp³-hybridized carbons (Fsp3) is 0.438. The molecule has 1 heterocycles. The average molecular weight is 337 g/mol. The van der Waals surface area contributed by atoms with Gasteiger partial charge in [0, 0.05) is 30.3 Å².